The Morgan fingerprint density at radius 2 is 1.52 bits per heavy atom. The topological polar surface area (TPSA) is 38.8 Å². The van der Waals surface area contributed by atoms with Gasteiger partial charge in [0.1, 0.15) is 11.6 Å². The van der Waals surface area contributed by atoms with Crippen LogP contribution in [0.4, 0.5) is 0 Å². The first-order chi connectivity index (χ1) is 13.6. The van der Waals surface area contributed by atoms with Crippen LogP contribution in [-0.2, 0) is 14.0 Å². The van der Waals surface area contributed by atoms with E-state index < -0.39 is 13.9 Å². The summed E-state index contributed by atoms with van der Waals surface area (Å²) in [5, 5.41) is 2.38. The van der Waals surface area contributed by atoms with E-state index in [2.05, 4.69) is 69.3 Å². The number of nitrogens with zero attached hydrogens (tertiary/aromatic N) is 1. The van der Waals surface area contributed by atoms with E-state index in [9.17, 15) is 4.79 Å². The summed E-state index contributed by atoms with van der Waals surface area (Å²) in [5.74, 6) is -0.168. The van der Waals surface area contributed by atoms with E-state index in [0.717, 1.165) is 0 Å². The van der Waals surface area contributed by atoms with E-state index >= 15 is 0 Å². The normalized spacial score (nSPS) is 22.7. The van der Waals surface area contributed by atoms with Gasteiger partial charge >= 0.3 is 5.97 Å². The van der Waals surface area contributed by atoms with Crippen LogP contribution >= 0.6 is 0 Å². The first-order valence-corrected chi connectivity index (χ1v) is 12.2. The van der Waals surface area contributed by atoms with Gasteiger partial charge in [0.15, 0.2) is 0 Å². The molecule has 1 aliphatic rings. The van der Waals surface area contributed by atoms with Crippen LogP contribution in [0, 0.1) is 0 Å². The summed E-state index contributed by atoms with van der Waals surface area (Å²) in [4.78, 5) is 14.4. The first-order valence-electron chi connectivity index (χ1n) is 10.2. The number of carbonyl (C=O) groups is 1. The standard InChI is InChI=1S/C24H33NO3Si/c1-23(2,3)29(20-13-9-7-10-14-20,21-15-11-8-12-16-21)27-18-19-17-24(4,25(5)6)22(26)28-19/h7-16,19H,17-18H2,1-6H3/t19-,24-/m0/s1. The summed E-state index contributed by atoms with van der Waals surface area (Å²) in [6, 6.07) is 21.1. The van der Waals surface area contributed by atoms with E-state index in [-0.39, 0.29) is 17.1 Å². The van der Waals surface area contributed by atoms with Gasteiger partial charge in [-0.2, -0.15) is 0 Å². The van der Waals surface area contributed by atoms with E-state index in [4.69, 9.17) is 9.16 Å². The number of esters is 1. The average molecular weight is 412 g/mol. The highest BCUT2D eigenvalue weighted by atomic mass is 28.4. The van der Waals surface area contributed by atoms with Gasteiger partial charge in [0.05, 0.1) is 6.61 Å². The summed E-state index contributed by atoms with van der Waals surface area (Å²) in [6.07, 6.45) is 0.397. The van der Waals surface area contributed by atoms with Gasteiger partial charge in [-0.3, -0.25) is 9.69 Å². The number of hydrogen-bond acceptors (Lipinski definition) is 4. The molecule has 0 saturated carbocycles. The first kappa shape index (κ1) is 21.7. The lowest BCUT2D eigenvalue weighted by atomic mass is 9.97. The van der Waals surface area contributed by atoms with Crippen molar-refractivity contribution in [3.63, 3.8) is 0 Å². The minimum Gasteiger partial charge on any atom is -0.459 e. The number of cyclic esters (lactones) is 1. The molecule has 2 atom stereocenters. The van der Waals surface area contributed by atoms with Crippen LogP contribution in [0.1, 0.15) is 34.1 Å². The molecule has 1 aliphatic heterocycles. The Bertz CT molecular complexity index is 793. The van der Waals surface area contributed by atoms with Gasteiger partial charge in [-0.05, 0) is 36.4 Å². The molecular formula is C24H33NO3Si. The molecule has 0 aromatic heterocycles. The summed E-state index contributed by atoms with van der Waals surface area (Å²) >= 11 is 0. The molecule has 0 spiro atoms. The molecule has 1 heterocycles. The van der Waals surface area contributed by atoms with Crippen molar-refractivity contribution in [2.45, 2.75) is 50.8 Å². The molecule has 4 nitrogen and oxygen atoms in total. The Morgan fingerprint density at radius 3 is 1.90 bits per heavy atom. The molecule has 156 valence electrons. The Balaban J connectivity index is 1.98. The van der Waals surface area contributed by atoms with Gasteiger partial charge < -0.3 is 9.16 Å². The van der Waals surface area contributed by atoms with Gasteiger partial charge in [-0.15, -0.1) is 0 Å². The Hall–Kier alpha value is -1.95. The highest BCUT2D eigenvalue weighted by Gasteiger charge is 2.52. The maximum atomic E-state index is 12.5. The zero-order chi connectivity index (χ0) is 21.3. The molecule has 2 aromatic carbocycles. The van der Waals surface area contributed by atoms with Crippen LogP contribution in [0.5, 0.6) is 0 Å². The minimum absolute atomic E-state index is 0.0941. The lowest BCUT2D eigenvalue weighted by Crippen LogP contribution is -2.67. The summed E-state index contributed by atoms with van der Waals surface area (Å²) in [7, 11) is 1.23. The predicted octanol–water partition coefficient (Wildman–Crippen LogP) is 3.20. The molecule has 29 heavy (non-hydrogen) atoms. The monoisotopic (exact) mass is 411 g/mol. The predicted molar refractivity (Wildman–Crippen MR) is 120 cm³/mol. The van der Waals surface area contributed by atoms with Crippen LogP contribution in [0.15, 0.2) is 60.7 Å². The molecule has 1 fully saturated rings. The minimum atomic E-state index is -2.62. The largest absolute Gasteiger partial charge is 0.459 e. The van der Waals surface area contributed by atoms with Crippen LogP contribution in [0.25, 0.3) is 0 Å². The second kappa shape index (κ2) is 8.05. The lowest BCUT2D eigenvalue weighted by Gasteiger charge is -2.43. The third-order valence-corrected chi connectivity index (χ3v) is 11.2. The van der Waals surface area contributed by atoms with Crippen LogP contribution in [0.2, 0.25) is 5.04 Å². The van der Waals surface area contributed by atoms with Crippen molar-refractivity contribution in [1.82, 2.24) is 4.90 Å². The number of likely N-dealkylation sites (N-methyl/N-ethyl adjacent to an activating group) is 1. The van der Waals surface area contributed by atoms with Crippen molar-refractivity contribution >= 4 is 24.7 Å². The van der Waals surface area contributed by atoms with E-state index in [1.165, 1.54) is 10.4 Å². The molecule has 0 radical (unpaired) electrons. The van der Waals surface area contributed by atoms with Crippen LogP contribution in [-0.4, -0.2) is 51.5 Å². The number of carbonyl (C=O) groups excluding carboxylic acids is 1. The number of benzene rings is 2. The fourth-order valence-corrected chi connectivity index (χ4v) is 8.88. The Labute approximate surface area is 176 Å². The van der Waals surface area contributed by atoms with Crippen molar-refractivity contribution in [3.8, 4) is 0 Å². The second-order valence-corrected chi connectivity index (χ2v) is 13.7. The van der Waals surface area contributed by atoms with Crippen molar-refractivity contribution in [1.29, 1.82) is 0 Å². The molecule has 0 amide bonds. The molecule has 2 aromatic rings. The summed E-state index contributed by atoms with van der Waals surface area (Å²) in [5.41, 5.74) is -0.598. The maximum absolute atomic E-state index is 12.5. The fourth-order valence-electron chi connectivity index (χ4n) is 4.28. The van der Waals surface area contributed by atoms with Gasteiger partial charge in [0, 0.05) is 6.42 Å². The zero-order valence-corrected chi connectivity index (χ0v) is 19.4. The van der Waals surface area contributed by atoms with Crippen molar-refractivity contribution in [3.05, 3.63) is 60.7 Å². The van der Waals surface area contributed by atoms with Gasteiger partial charge in [-0.25, -0.2) is 0 Å². The Kier molecular flexibility index (Phi) is 6.04. The van der Waals surface area contributed by atoms with Crippen LogP contribution < -0.4 is 10.4 Å². The van der Waals surface area contributed by atoms with Crippen LogP contribution in [0.3, 0.4) is 0 Å². The number of ether oxygens (including phenoxy) is 1. The van der Waals surface area contributed by atoms with Crippen molar-refractivity contribution in [2.75, 3.05) is 20.7 Å². The van der Waals surface area contributed by atoms with E-state index in [1.54, 1.807) is 0 Å². The highest BCUT2D eigenvalue weighted by Crippen LogP contribution is 2.38. The molecule has 5 heteroatoms. The molecule has 0 N–H and O–H groups in total. The fraction of sp³-hybridized carbons (Fsp3) is 0.458. The SMILES string of the molecule is CN(C)[C@@]1(C)C[C@@H](CO[Si](c2ccccc2)(c2ccccc2)C(C)(C)C)OC1=O. The lowest BCUT2D eigenvalue weighted by molar-refractivity contribution is -0.149. The second-order valence-electron chi connectivity index (χ2n) is 9.37. The number of hydrogen-bond donors (Lipinski definition) is 0. The van der Waals surface area contributed by atoms with E-state index in [1.807, 2.05) is 38.1 Å². The molecule has 3 rings (SSSR count). The van der Waals surface area contributed by atoms with Crippen molar-refractivity contribution in [2.24, 2.45) is 0 Å². The van der Waals surface area contributed by atoms with E-state index in [0.29, 0.717) is 13.0 Å². The number of rotatable bonds is 6. The quantitative estimate of drug-likeness (QED) is 0.541. The summed E-state index contributed by atoms with van der Waals surface area (Å²) in [6.45, 7) is 9.11. The molecule has 0 aliphatic carbocycles. The molecule has 0 unspecified atom stereocenters. The summed E-state index contributed by atoms with van der Waals surface area (Å²) < 4.78 is 12.6. The average Bonchev–Trinajstić information content (AvgIpc) is 2.98. The molecule has 1 saturated heterocycles. The van der Waals surface area contributed by atoms with Crippen molar-refractivity contribution < 1.29 is 14.0 Å². The molecular weight excluding hydrogens is 378 g/mol. The van der Waals surface area contributed by atoms with Gasteiger partial charge in [-0.1, -0.05) is 81.4 Å². The highest BCUT2D eigenvalue weighted by molar-refractivity contribution is 6.99. The maximum Gasteiger partial charge on any atom is 0.326 e. The van der Waals surface area contributed by atoms with Gasteiger partial charge in [0.2, 0.25) is 0 Å². The van der Waals surface area contributed by atoms with Gasteiger partial charge in [0.25, 0.3) is 8.32 Å². The Morgan fingerprint density at radius 1 is 1.03 bits per heavy atom. The smallest absolute Gasteiger partial charge is 0.326 e. The third kappa shape index (κ3) is 3.91. The zero-order valence-electron chi connectivity index (χ0n) is 18.4. The molecule has 0 bridgehead atoms. The third-order valence-electron chi connectivity index (χ3n) is 6.23.